The second kappa shape index (κ2) is 8.83. The van der Waals surface area contributed by atoms with E-state index in [1.54, 1.807) is 6.07 Å². The number of hydrogen-bond acceptors (Lipinski definition) is 4. The van der Waals surface area contributed by atoms with E-state index in [0.717, 1.165) is 42.5 Å². The summed E-state index contributed by atoms with van der Waals surface area (Å²) >= 11 is 0. The van der Waals surface area contributed by atoms with E-state index in [1.165, 1.54) is 0 Å². The molecule has 148 valence electrons. The molecule has 4 rings (SSSR count). The molecule has 1 aliphatic rings. The standard InChI is InChI=1S/C24H22BN3O2/c26-16-25-14-12-17(13-15-25)22-11-10-21(24(27)29)23(28-22)18-6-8-20(9-7-18)30-19-4-2-1-3-5-19/h1-11,17H,12-15H2,(H2,27,29). The number of para-hydroxylation sites is 1. The van der Waals surface area contributed by atoms with Crippen LogP contribution < -0.4 is 10.5 Å². The highest BCUT2D eigenvalue weighted by Crippen LogP contribution is 2.34. The molecule has 1 saturated heterocycles. The van der Waals surface area contributed by atoms with Crippen molar-refractivity contribution in [1.82, 2.24) is 4.98 Å². The molecule has 0 atom stereocenters. The fourth-order valence-corrected chi connectivity index (χ4v) is 3.94. The number of nitriles is 1. The molecule has 0 saturated carbocycles. The highest BCUT2D eigenvalue weighted by molar-refractivity contribution is 6.67. The van der Waals surface area contributed by atoms with Gasteiger partial charge in [-0.05, 0) is 54.4 Å². The zero-order valence-electron chi connectivity index (χ0n) is 16.6. The second-order valence-corrected chi connectivity index (χ2v) is 7.61. The van der Waals surface area contributed by atoms with Gasteiger partial charge in [-0.2, -0.15) is 0 Å². The Kier molecular flexibility index (Phi) is 5.81. The molecule has 0 radical (unpaired) electrons. The van der Waals surface area contributed by atoms with Gasteiger partial charge in [0.2, 0.25) is 0 Å². The van der Waals surface area contributed by atoms with Gasteiger partial charge < -0.3 is 10.5 Å². The third-order valence-corrected chi connectivity index (χ3v) is 5.62. The lowest BCUT2D eigenvalue weighted by Gasteiger charge is -2.23. The summed E-state index contributed by atoms with van der Waals surface area (Å²) in [7, 11) is 0. The zero-order valence-corrected chi connectivity index (χ0v) is 16.6. The lowest BCUT2D eigenvalue weighted by atomic mass is 9.41. The van der Waals surface area contributed by atoms with E-state index in [0.29, 0.717) is 22.9 Å². The van der Waals surface area contributed by atoms with Crippen molar-refractivity contribution in [2.45, 2.75) is 31.4 Å². The van der Waals surface area contributed by atoms with Crippen molar-refractivity contribution < 1.29 is 9.53 Å². The average Bonchev–Trinajstić information content (AvgIpc) is 2.80. The SMILES string of the molecule is N#CB1CCC(c2ccc(C(N)=O)c(-c3ccc(Oc4ccccc4)cc3)n2)CC1. The number of carbonyl (C=O) groups is 1. The van der Waals surface area contributed by atoms with Crippen molar-refractivity contribution in [3.8, 4) is 28.7 Å². The number of aromatic nitrogens is 1. The Balaban J connectivity index is 1.60. The monoisotopic (exact) mass is 395 g/mol. The average molecular weight is 395 g/mol. The number of amides is 1. The summed E-state index contributed by atoms with van der Waals surface area (Å²) < 4.78 is 5.85. The summed E-state index contributed by atoms with van der Waals surface area (Å²) in [6.07, 6.45) is 3.65. The third-order valence-electron chi connectivity index (χ3n) is 5.62. The topological polar surface area (TPSA) is 89.0 Å². The van der Waals surface area contributed by atoms with Crippen LogP contribution in [0.2, 0.25) is 12.6 Å². The van der Waals surface area contributed by atoms with Crippen molar-refractivity contribution in [3.05, 3.63) is 78.0 Å². The molecule has 1 amide bonds. The molecule has 0 spiro atoms. The lowest BCUT2D eigenvalue weighted by molar-refractivity contribution is 0.100. The van der Waals surface area contributed by atoms with E-state index in [9.17, 15) is 4.79 Å². The number of carbonyl (C=O) groups excluding carboxylic acids is 1. The normalized spacial score (nSPS) is 14.2. The van der Waals surface area contributed by atoms with Crippen LogP contribution in [0.3, 0.4) is 0 Å². The molecule has 0 aliphatic carbocycles. The van der Waals surface area contributed by atoms with Crippen LogP contribution in [0.15, 0.2) is 66.7 Å². The zero-order chi connectivity index (χ0) is 20.9. The number of nitrogens with two attached hydrogens (primary N) is 1. The molecule has 0 unspecified atom stereocenters. The number of benzene rings is 2. The van der Waals surface area contributed by atoms with Gasteiger partial charge in [0, 0.05) is 17.2 Å². The van der Waals surface area contributed by atoms with E-state index >= 15 is 0 Å². The molecule has 2 aromatic carbocycles. The summed E-state index contributed by atoms with van der Waals surface area (Å²) in [5.41, 5.74) is 8.38. The fourth-order valence-electron chi connectivity index (χ4n) is 3.94. The van der Waals surface area contributed by atoms with Crippen molar-refractivity contribution >= 4 is 12.6 Å². The number of primary amides is 1. The molecule has 1 aliphatic heterocycles. The Hall–Kier alpha value is -3.59. The van der Waals surface area contributed by atoms with Gasteiger partial charge in [-0.15, -0.1) is 0 Å². The van der Waals surface area contributed by atoms with Crippen molar-refractivity contribution in [1.29, 1.82) is 5.26 Å². The number of ether oxygens (including phenoxy) is 1. The second-order valence-electron chi connectivity index (χ2n) is 7.61. The Morgan fingerprint density at radius 3 is 2.30 bits per heavy atom. The van der Waals surface area contributed by atoms with E-state index in [2.05, 4.69) is 5.97 Å². The Bertz CT molecular complexity index is 1070. The maximum absolute atomic E-state index is 12.0. The highest BCUT2D eigenvalue weighted by Gasteiger charge is 2.26. The largest absolute Gasteiger partial charge is 0.457 e. The van der Waals surface area contributed by atoms with E-state index in [-0.39, 0.29) is 6.71 Å². The van der Waals surface area contributed by atoms with Gasteiger partial charge in [0.05, 0.1) is 11.3 Å². The number of hydrogen-bond donors (Lipinski definition) is 1. The summed E-state index contributed by atoms with van der Waals surface area (Å²) in [5.74, 6) is 3.64. The van der Waals surface area contributed by atoms with Crippen LogP contribution in [0.1, 0.15) is 34.8 Å². The smallest absolute Gasteiger partial charge is 0.267 e. The first kappa shape index (κ1) is 19.7. The first-order chi connectivity index (χ1) is 14.6. The molecule has 3 aromatic rings. The Labute approximate surface area is 176 Å². The first-order valence-corrected chi connectivity index (χ1v) is 10.2. The number of nitrogens with zero attached hydrogens (tertiary/aromatic N) is 2. The van der Waals surface area contributed by atoms with Crippen molar-refractivity contribution in [2.24, 2.45) is 5.73 Å². The minimum atomic E-state index is -0.498. The molecule has 5 nitrogen and oxygen atoms in total. The Morgan fingerprint density at radius 1 is 1.00 bits per heavy atom. The molecule has 1 aromatic heterocycles. The maximum Gasteiger partial charge on any atom is 0.267 e. The van der Waals surface area contributed by atoms with E-state index in [4.69, 9.17) is 20.7 Å². The lowest BCUT2D eigenvalue weighted by Crippen LogP contribution is -2.20. The highest BCUT2D eigenvalue weighted by atomic mass is 16.5. The molecule has 2 heterocycles. The van der Waals surface area contributed by atoms with Gasteiger partial charge in [-0.3, -0.25) is 9.78 Å². The summed E-state index contributed by atoms with van der Waals surface area (Å²) in [6, 6.07) is 20.7. The molecule has 0 bridgehead atoms. The van der Waals surface area contributed by atoms with Gasteiger partial charge in [0.25, 0.3) is 12.6 Å². The fraction of sp³-hybridized carbons (Fsp3) is 0.208. The van der Waals surface area contributed by atoms with Crippen LogP contribution in [0.4, 0.5) is 0 Å². The molecular weight excluding hydrogens is 373 g/mol. The summed E-state index contributed by atoms with van der Waals surface area (Å²) in [5, 5.41) is 9.13. The maximum atomic E-state index is 12.0. The minimum absolute atomic E-state index is 0.141. The van der Waals surface area contributed by atoms with Gasteiger partial charge >= 0.3 is 0 Å². The quantitative estimate of drug-likeness (QED) is 0.611. The van der Waals surface area contributed by atoms with Gasteiger partial charge in [0.1, 0.15) is 11.5 Å². The summed E-state index contributed by atoms with van der Waals surface area (Å²) in [6.45, 7) is 0.141. The molecular formula is C24H22BN3O2. The van der Waals surface area contributed by atoms with Crippen LogP contribution >= 0.6 is 0 Å². The predicted molar refractivity (Wildman–Crippen MR) is 118 cm³/mol. The molecule has 6 heteroatoms. The van der Waals surface area contributed by atoms with E-state index < -0.39 is 5.91 Å². The minimum Gasteiger partial charge on any atom is -0.457 e. The Morgan fingerprint density at radius 2 is 1.67 bits per heavy atom. The van der Waals surface area contributed by atoms with Gasteiger partial charge in [-0.1, -0.05) is 43.7 Å². The first-order valence-electron chi connectivity index (χ1n) is 10.2. The van der Waals surface area contributed by atoms with Gasteiger partial charge in [-0.25, -0.2) is 5.26 Å². The number of pyridine rings is 1. The van der Waals surface area contributed by atoms with Crippen molar-refractivity contribution in [2.75, 3.05) is 0 Å². The van der Waals surface area contributed by atoms with Crippen molar-refractivity contribution in [3.63, 3.8) is 0 Å². The molecule has 1 fully saturated rings. The van der Waals surface area contributed by atoms with Gasteiger partial charge in [0.15, 0.2) is 0 Å². The van der Waals surface area contributed by atoms with Crippen LogP contribution in [0.5, 0.6) is 11.5 Å². The van der Waals surface area contributed by atoms with E-state index in [1.807, 2.05) is 60.7 Å². The number of rotatable bonds is 5. The molecule has 30 heavy (non-hydrogen) atoms. The van der Waals surface area contributed by atoms with Crippen LogP contribution in [-0.4, -0.2) is 17.6 Å². The summed E-state index contributed by atoms with van der Waals surface area (Å²) in [4.78, 5) is 16.8. The van der Waals surface area contributed by atoms with Crippen LogP contribution in [-0.2, 0) is 0 Å². The van der Waals surface area contributed by atoms with Crippen LogP contribution in [0.25, 0.3) is 11.3 Å². The predicted octanol–water partition coefficient (Wildman–Crippen LogP) is 5.07. The molecule has 2 N–H and O–H groups in total. The van der Waals surface area contributed by atoms with Crippen LogP contribution in [0, 0.1) is 11.2 Å². The third kappa shape index (κ3) is 4.36.